The lowest BCUT2D eigenvalue weighted by molar-refractivity contribution is 0.0214. The van der Waals surface area contributed by atoms with Crippen LogP contribution in [0.4, 0.5) is 17.5 Å². The van der Waals surface area contributed by atoms with Gasteiger partial charge in [0.1, 0.15) is 11.8 Å². The molecular formula is C9H15N5O3. The maximum Gasteiger partial charge on any atom is 0.277 e. The number of aliphatic hydroxyl groups excluding tert-OH is 2. The van der Waals surface area contributed by atoms with Crippen LogP contribution in [0.5, 0.6) is 0 Å². The first kappa shape index (κ1) is 11.7. The molecule has 0 aromatic carbocycles. The van der Waals surface area contributed by atoms with Gasteiger partial charge in [-0.2, -0.15) is 4.98 Å². The third-order valence-electron chi connectivity index (χ3n) is 2.66. The molecule has 2 rings (SSSR count). The molecule has 0 amide bonds. The summed E-state index contributed by atoms with van der Waals surface area (Å²) < 4.78 is 0. The van der Waals surface area contributed by atoms with E-state index in [0.717, 1.165) is 0 Å². The predicted octanol–water partition coefficient (Wildman–Crippen LogP) is -1.70. The van der Waals surface area contributed by atoms with E-state index in [4.69, 9.17) is 5.73 Å². The fourth-order valence-electron chi connectivity index (χ4n) is 1.74. The van der Waals surface area contributed by atoms with Crippen molar-refractivity contribution in [3.63, 3.8) is 0 Å². The van der Waals surface area contributed by atoms with Crippen molar-refractivity contribution < 1.29 is 10.2 Å². The Hall–Kier alpha value is -1.80. The van der Waals surface area contributed by atoms with Gasteiger partial charge in [0.25, 0.3) is 5.56 Å². The predicted molar refractivity (Wildman–Crippen MR) is 62.9 cm³/mol. The monoisotopic (exact) mass is 241 g/mol. The molecule has 0 unspecified atom stereocenters. The van der Waals surface area contributed by atoms with E-state index in [0.29, 0.717) is 12.4 Å². The van der Waals surface area contributed by atoms with Gasteiger partial charge in [-0.25, -0.2) is 0 Å². The molecule has 1 aliphatic rings. The summed E-state index contributed by atoms with van der Waals surface area (Å²) in [6, 6.07) is -0.464. The van der Waals surface area contributed by atoms with Crippen LogP contribution in [-0.4, -0.2) is 45.0 Å². The number of anilines is 3. The van der Waals surface area contributed by atoms with E-state index in [1.807, 2.05) is 0 Å². The van der Waals surface area contributed by atoms with Crippen molar-refractivity contribution >= 4 is 17.5 Å². The maximum absolute atomic E-state index is 11.6. The summed E-state index contributed by atoms with van der Waals surface area (Å²) in [5.41, 5.74) is 5.20. The van der Waals surface area contributed by atoms with Crippen molar-refractivity contribution in [1.29, 1.82) is 0 Å². The second kappa shape index (κ2) is 4.22. The number of nitrogens with two attached hydrogens (primary N) is 1. The highest BCUT2D eigenvalue weighted by Crippen LogP contribution is 2.21. The molecule has 1 aromatic rings. The molecule has 8 heteroatoms. The summed E-state index contributed by atoms with van der Waals surface area (Å²) in [4.78, 5) is 17.9. The lowest BCUT2D eigenvalue weighted by Crippen LogP contribution is -2.48. The minimum atomic E-state index is -0.979. The third-order valence-corrected chi connectivity index (χ3v) is 2.66. The average Bonchev–Trinajstić information content (AvgIpc) is 2.27. The number of H-pyrrole nitrogens is 1. The summed E-state index contributed by atoms with van der Waals surface area (Å²) in [5.74, 6) is 0.373. The molecule has 8 nitrogen and oxygen atoms in total. The van der Waals surface area contributed by atoms with E-state index in [2.05, 4.69) is 20.6 Å². The van der Waals surface area contributed by atoms with E-state index in [1.165, 1.54) is 6.92 Å². The second-order valence-electron chi connectivity index (χ2n) is 4.04. The molecule has 0 bridgehead atoms. The number of nitrogens with zero attached hydrogens (tertiary/aromatic N) is 1. The van der Waals surface area contributed by atoms with Crippen LogP contribution < -0.4 is 21.9 Å². The Labute approximate surface area is 96.9 Å². The van der Waals surface area contributed by atoms with Gasteiger partial charge in [0.2, 0.25) is 5.95 Å². The molecule has 0 fully saturated rings. The fraction of sp³-hybridized carbons (Fsp3) is 0.556. The lowest BCUT2D eigenvalue weighted by atomic mass is 10.0. The van der Waals surface area contributed by atoms with Gasteiger partial charge < -0.3 is 26.6 Å². The number of aromatic amines is 1. The van der Waals surface area contributed by atoms with Gasteiger partial charge in [0.15, 0.2) is 5.82 Å². The van der Waals surface area contributed by atoms with Crippen molar-refractivity contribution in [3.05, 3.63) is 10.4 Å². The molecule has 0 spiro atoms. The van der Waals surface area contributed by atoms with Crippen molar-refractivity contribution in [2.75, 3.05) is 22.9 Å². The van der Waals surface area contributed by atoms with Gasteiger partial charge in [-0.05, 0) is 6.92 Å². The Morgan fingerprint density at radius 3 is 2.88 bits per heavy atom. The molecule has 2 heterocycles. The maximum atomic E-state index is 11.6. The number of nitrogens with one attached hydrogen (secondary N) is 3. The van der Waals surface area contributed by atoms with Crippen LogP contribution in [0.25, 0.3) is 0 Å². The van der Waals surface area contributed by atoms with Crippen LogP contribution in [0, 0.1) is 0 Å². The van der Waals surface area contributed by atoms with Crippen LogP contribution in [0.15, 0.2) is 4.79 Å². The minimum absolute atomic E-state index is 0.0255. The quantitative estimate of drug-likeness (QED) is 0.363. The van der Waals surface area contributed by atoms with E-state index in [1.54, 1.807) is 0 Å². The Morgan fingerprint density at radius 1 is 1.53 bits per heavy atom. The van der Waals surface area contributed by atoms with Crippen molar-refractivity contribution in [3.8, 4) is 0 Å². The van der Waals surface area contributed by atoms with Crippen LogP contribution in [0.3, 0.4) is 0 Å². The van der Waals surface area contributed by atoms with Gasteiger partial charge >= 0.3 is 0 Å². The van der Waals surface area contributed by atoms with Crippen molar-refractivity contribution in [2.45, 2.75) is 25.2 Å². The van der Waals surface area contributed by atoms with Crippen molar-refractivity contribution in [2.24, 2.45) is 0 Å². The topological polar surface area (TPSA) is 136 Å². The molecule has 7 N–H and O–H groups in total. The second-order valence-corrected chi connectivity index (χ2v) is 4.04. The molecule has 0 saturated heterocycles. The summed E-state index contributed by atoms with van der Waals surface area (Å²) in [7, 11) is 0. The number of aromatic nitrogens is 2. The standard InChI is InChI=1S/C9H15N5O3/c1-3(15)6(16)4-2-11-7-5(12-4)8(17)14-9(10)13-7/h3-4,6,12,15-16H,2H2,1H3,(H4,10,11,13,14,17)/t3-,4+,6-/m1/s1. The Balaban J connectivity index is 2.27. The third kappa shape index (κ3) is 2.17. The fourth-order valence-corrected chi connectivity index (χ4v) is 1.74. The zero-order valence-corrected chi connectivity index (χ0v) is 9.27. The molecule has 94 valence electrons. The summed E-state index contributed by atoms with van der Waals surface area (Å²) in [6.45, 7) is 1.82. The zero-order valence-electron chi connectivity index (χ0n) is 9.27. The molecule has 0 aliphatic carbocycles. The highest BCUT2D eigenvalue weighted by molar-refractivity contribution is 5.67. The normalized spacial score (nSPS) is 21.9. The Bertz CT molecular complexity index is 472. The van der Waals surface area contributed by atoms with Crippen LogP contribution in [0.2, 0.25) is 0 Å². The highest BCUT2D eigenvalue weighted by atomic mass is 16.3. The number of hydrogen-bond donors (Lipinski definition) is 6. The van der Waals surface area contributed by atoms with Gasteiger partial charge in [-0.1, -0.05) is 0 Å². The first-order valence-electron chi connectivity index (χ1n) is 5.25. The van der Waals surface area contributed by atoms with Gasteiger partial charge in [-0.3, -0.25) is 9.78 Å². The molecular weight excluding hydrogens is 226 g/mol. The van der Waals surface area contributed by atoms with Crippen LogP contribution in [-0.2, 0) is 0 Å². The highest BCUT2D eigenvalue weighted by Gasteiger charge is 2.29. The Kier molecular flexibility index (Phi) is 2.90. The first-order chi connectivity index (χ1) is 7.99. The molecule has 1 aliphatic heterocycles. The van der Waals surface area contributed by atoms with E-state index >= 15 is 0 Å². The van der Waals surface area contributed by atoms with E-state index in [-0.39, 0.29) is 11.6 Å². The van der Waals surface area contributed by atoms with Gasteiger partial charge in [0, 0.05) is 6.54 Å². The lowest BCUT2D eigenvalue weighted by Gasteiger charge is -2.31. The molecule has 17 heavy (non-hydrogen) atoms. The number of fused-ring (bicyclic) bond motifs is 1. The van der Waals surface area contributed by atoms with Gasteiger partial charge in [0.05, 0.1) is 12.1 Å². The average molecular weight is 241 g/mol. The number of aliphatic hydroxyl groups is 2. The van der Waals surface area contributed by atoms with Gasteiger partial charge in [-0.15, -0.1) is 0 Å². The van der Waals surface area contributed by atoms with Crippen molar-refractivity contribution in [1.82, 2.24) is 9.97 Å². The largest absolute Gasteiger partial charge is 0.391 e. The Morgan fingerprint density at radius 2 is 2.24 bits per heavy atom. The molecule has 0 radical (unpaired) electrons. The molecule has 1 aromatic heterocycles. The number of hydrogen-bond acceptors (Lipinski definition) is 7. The van der Waals surface area contributed by atoms with E-state index < -0.39 is 23.8 Å². The SMILES string of the molecule is C[C@@H](O)[C@@H](O)[C@@H]1CNc2nc(N)[nH]c(=O)c2N1. The summed E-state index contributed by atoms with van der Waals surface area (Å²) in [6.07, 6.45) is -1.87. The minimum Gasteiger partial charge on any atom is -0.391 e. The first-order valence-corrected chi connectivity index (χ1v) is 5.25. The zero-order chi connectivity index (χ0) is 12.6. The number of rotatable bonds is 2. The molecule has 0 saturated carbocycles. The number of nitrogen functional groups attached to an aromatic ring is 1. The summed E-state index contributed by atoms with van der Waals surface area (Å²) >= 11 is 0. The smallest absolute Gasteiger partial charge is 0.277 e. The van der Waals surface area contributed by atoms with Crippen LogP contribution in [0.1, 0.15) is 6.92 Å². The van der Waals surface area contributed by atoms with Crippen LogP contribution >= 0.6 is 0 Å². The summed E-state index contributed by atoms with van der Waals surface area (Å²) in [5, 5.41) is 24.7. The van der Waals surface area contributed by atoms with E-state index in [9.17, 15) is 15.0 Å². The molecule has 3 atom stereocenters.